The minimum atomic E-state index is 0.0769. The Balaban J connectivity index is 1.99. The topological polar surface area (TPSA) is 84.2 Å². The second kappa shape index (κ2) is 4.49. The van der Waals surface area contributed by atoms with Crippen LogP contribution >= 0.6 is 0 Å². The quantitative estimate of drug-likeness (QED) is 0.752. The number of aromatic hydroxyl groups is 1. The Kier molecular flexibility index (Phi) is 2.68. The van der Waals surface area contributed by atoms with Crippen molar-refractivity contribution in [2.75, 3.05) is 7.11 Å². The van der Waals surface area contributed by atoms with Crippen molar-refractivity contribution in [2.45, 2.75) is 0 Å². The monoisotopic (exact) mass is 257 g/mol. The zero-order valence-corrected chi connectivity index (χ0v) is 10.1. The SMILES string of the molecule is COc1cc(-c2n[nH]c(-c3ccco3)n2)ccc1O. The van der Waals surface area contributed by atoms with Gasteiger partial charge in [-0.25, -0.2) is 4.98 Å². The lowest BCUT2D eigenvalue weighted by molar-refractivity contribution is 0.373. The molecule has 0 spiro atoms. The third kappa shape index (κ3) is 2.03. The maximum absolute atomic E-state index is 9.55. The number of phenols is 1. The Hall–Kier alpha value is -2.76. The van der Waals surface area contributed by atoms with Crippen LogP contribution in [-0.4, -0.2) is 27.4 Å². The van der Waals surface area contributed by atoms with Crippen LogP contribution in [0.4, 0.5) is 0 Å². The molecule has 96 valence electrons. The number of hydrogen-bond acceptors (Lipinski definition) is 5. The Labute approximate surface area is 108 Å². The second-order valence-corrected chi connectivity index (χ2v) is 3.87. The summed E-state index contributed by atoms with van der Waals surface area (Å²) in [6.07, 6.45) is 1.57. The molecule has 0 fully saturated rings. The summed E-state index contributed by atoms with van der Waals surface area (Å²) in [5, 5.41) is 16.5. The summed E-state index contributed by atoms with van der Waals surface area (Å²) in [6, 6.07) is 8.50. The van der Waals surface area contributed by atoms with Crippen LogP contribution < -0.4 is 4.74 Å². The highest BCUT2D eigenvalue weighted by Gasteiger charge is 2.11. The number of aromatic nitrogens is 3. The molecule has 0 bridgehead atoms. The zero-order chi connectivity index (χ0) is 13.2. The molecule has 0 atom stereocenters. The van der Waals surface area contributed by atoms with E-state index < -0.39 is 0 Å². The molecule has 6 nitrogen and oxygen atoms in total. The van der Waals surface area contributed by atoms with Gasteiger partial charge in [0.2, 0.25) is 0 Å². The molecule has 2 N–H and O–H groups in total. The van der Waals surface area contributed by atoms with Gasteiger partial charge in [0.25, 0.3) is 0 Å². The minimum absolute atomic E-state index is 0.0769. The van der Waals surface area contributed by atoms with E-state index in [0.717, 1.165) is 5.56 Å². The molecule has 3 rings (SSSR count). The van der Waals surface area contributed by atoms with Gasteiger partial charge < -0.3 is 14.3 Å². The highest BCUT2D eigenvalue weighted by atomic mass is 16.5. The van der Waals surface area contributed by atoms with Gasteiger partial charge in [-0.1, -0.05) is 0 Å². The van der Waals surface area contributed by atoms with Crippen molar-refractivity contribution in [3.8, 4) is 34.5 Å². The van der Waals surface area contributed by atoms with Crippen molar-refractivity contribution in [1.82, 2.24) is 15.2 Å². The fourth-order valence-electron chi connectivity index (χ4n) is 1.73. The van der Waals surface area contributed by atoms with Crippen LogP contribution in [-0.2, 0) is 0 Å². The number of hydrogen-bond donors (Lipinski definition) is 2. The lowest BCUT2D eigenvalue weighted by Crippen LogP contribution is -1.86. The maximum Gasteiger partial charge on any atom is 0.192 e. The maximum atomic E-state index is 9.55. The van der Waals surface area contributed by atoms with Crippen LogP contribution in [0.3, 0.4) is 0 Å². The van der Waals surface area contributed by atoms with Crippen molar-refractivity contribution in [1.29, 1.82) is 0 Å². The van der Waals surface area contributed by atoms with Gasteiger partial charge >= 0.3 is 0 Å². The lowest BCUT2D eigenvalue weighted by atomic mass is 10.2. The van der Waals surface area contributed by atoms with E-state index in [0.29, 0.717) is 23.2 Å². The van der Waals surface area contributed by atoms with Crippen molar-refractivity contribution in [2.24, 2.45) is 0 Å². The standard InChI is InChI=1S/C13H11N3O3/c1-18-11-7-8(4-5-9(11)17)12-14-13(16-15-12)10-3-2-6-19-10/h2-7,17H,1H3,(H,14,15,16). The molecular weight excluding hydrogens is 246 g/mol. The highest BCUT2D eigenvalue weighted by Crippen LogP contribution is 2.30. The number of methoxy groups -OCH3 is 1. The molecule has 0 saturated carbocycles. The smallest absolute Gasteiger partial charge is 0.192 e. The van der Waals surface area contributed by atoms with Crippen LogP contribution in [0, 0.1) is 0 Å². The van der Waals surface area contributed by atoms with E-state index in [9.17, 15) is 5.11 Å². The van der Waals surface area contributed by atoms with Gasteiger partial charge in [0, 0.05) is 5.56 Å². The van der Waals surface area contributed by atoms with Gasteiger partial charge in [0.1, 0.15) is 0 Å². The first kappa shape index (κ1) is 11.3. The first-order valence-corrected chi connectivity index (χ1v) is 5.61. The van der Waals surface area contributed by atoms with Gasteiger partial charge in [-0.2, -0.15) is 5.10 Å². The molecule has 0 aliphatic rings. The number of aromatic amines is 1. The summed E-state index contributed by atoms with van der Waals surface area (Å²) in [5.74, 6) is 2.12. The van der Waals surface area contributed by atoms with Gasteiger partial charge in [-0.05, 0) is 30.3 Å². The number of H-pyrrole nitrogens is 1. The average molecular weight is 257 g/mol. The molecular formula is C13H11N3O3. The number of rotatable bonds is 3. The van der Waals surface area contributed by atoms with Crippen LogP contribution in [0.5, 0.6) is 11.5 Å². The first-order valence-electron chi connectivity index (χ1n) is 5.61. The molecule has 1 aromatic carbocycles. The number of ether oxygens (including phenoxy) is 1. The second-order valence-electron chi connectivity index (χ2n) is 3.87. The van der Waals surface area contributed by atoms with E-state index in [1.54, 1.807) is 30.5 Å². The molecule has 0 radical (unpaired) electrons. The summed E-state index contributed by atoms with van der Waals surface area (Å²) >= 11 is 0. The van der Waals surface area contributed by atoms with Crippen LogP contribution in [0.2, 0.25) is 0 Å². The third-order valence-corrected chi connectivity index (χ3v) is 2.68. The van der Waals surface area contributed by atoms with E-state index in [2.05, 4.69) is 15.2 Å². The van der Waals surface area contributed by atoms with E-state index in [1.807, 2.05) is 0 Å². The highest BCUT2D eigenvalue weighted by molar-refractivity contribution is 5.62. The van der Waals surface area contributed by atoms with E-state index >= 15 is 0 Å². The molecule has 6 heteroatoms. The largest absolute Gasteiger partial charge is 0.504 e. The molecule has 0 aliphatic heterocycles. The van der Waals surface area contributed by atoms with Gasteiger partial charge in [0.05, 0.1) is 13.4 Å². The summed E-state index contributed by atoms with van der Waals surface area (Å²) < 4.78 is 10.3. The molecule has 0 amide bonds. The van der Waals surface area contributed by atoms with Crippen LogP contribution in [0.25, 0.3) is 23.0 Å². The van der Waals surface area contributed by atoms with Gasteiger partial charge in [0.15, 0.2) is 28.9 Å². The lowest BCUT2D eigenvalue weighted by Gasteiger charge is -2.03. The van der Waals surface area contributed by atoms with E-state index in [4.69, 9.17) is 9.15 Å². The molecule has 0 unspecified atom stereocenters. The molecule has 0 aliphatic carbocycles. The van der Waals surface area contributed by atoms with E-state index in [1.165, 1.54) is 13.2 Å². The summed E-state index contributed by atoms with van der Waals surface area (Å²) in [5.41, 5.74) is 0.740. The third-order valence-electron chi connectivity index (χ3n) is 2.68. The van der Waals surface area contributed by atoms with Crippen LogP contribution in [0.1, 0.15) is 0 Å². The number of nitrogens with zero attached hydrogens (tertiary/aromatic N) is 2. The van der Waals surface area contributed by atoms with Gasteiger partial charge in [-0.15, -0.1) is 0 Å². The van der Waals surface area contributed by atoms with Crippen molar-refractivity contribution >= 4 is 0 Å². The molecule has 0 saturated heterocycles. The Morgan fingerprint density at radius 3 is 2.95 bits per heavy atom. The average Bonchev–Trinajstić information content (AvgIpc) is 3.10. The Morgan fingerprint density at radius 1 is 1.32 bits per heavy atom. The Bertz CT molecular complexity index is 689. The summed E-state index contributed by atoms with van der Waals surface area (Å²) in [4.78, 5) is 4.33. The summed E-state index contributed by atoms with van der Waals surface area (Å²) in [7, 11) is 1.49. The van der Waals surface area contributed by atoms with Crippen molar-refractivity contribution in [3.63, 3.8) is 0 Å². The van der Waals surface area contributed by atoms with Crippen molar-refractivity contribution < 1.29 is 14.3 Å². The summed E-state index contributed by atoms with van der Waals surface area (Å²) in [6.45, 7) is 0. The Morgan fingerprint density at radius 2 is 2.21 bits per heavy atom. The van der Waals surface area contributed by atoms with Gasteiger partial charge in [-0.3, -0.25) is 5.10 Å². The molecule has 19 heavy (non-hydrogen) atoms. The normalized spacial score (nSPS) is 10.6. The number of benzene rings is 1. The minimum Gasteiger partial charge on any atom is -0.504 e. The number of phenolic OH excluding ortho intramolecular Hbond substituents is 1. The molecule has 3 aromatic rings. The number of nitrogens with one attached hydrogen (secondary N) is 1. The molecule has 2 heterocycles. The predicted octanol–water partition coefficient (Wildman–Crippen LogP) is 2.45. The predicted molar refractivity (Wildman–Crippen MR) is 67.7 cm³/mol. The van der Waals surface area contributed by atoms with Crippen molar-refractivity contribution in [3.05, 3.63) is 36.6 Å². The fourth-order valence-corrected chi connectivity index (χ4v) is 1.73. The van der Waals surface area contributed by atoms with E-state index in [-0.39, 0.29) is 5.75 Å². The number of furan rings is 1. The first-order chi connectivity index (χ1) is 9.28. The zero-order valence-electron chi connectivity index (χ0n) is 10.1. The fraction of sp³-hybridized carbons (Fsp3) is 0.0769. The molecule has 2 aromatic heterocycles. The van der Waals surface area contributed by atoms with Crippen LogP contribution in [0.15, 0.2) is 41.0 Å².